The number of carbonyl (C=O) groups excluding carboxylic acids is 1. The van der Waals surface area contributed by atoms with Gasteiger partial charge in [0.25, 0.3) is 0 Å². The van der Waals surface area contributed by atoms with Gasteiger partial charge in [0.15, 0.2) is 5.69 Å². The Morgan fingerprint density at radius 3 is 2.84 bits per heavy atom. The SMILES string of the molecule is COC(=O)c1c(C#N)nc(N2CCC(Oc3ccc4c(c3)COC4)C3CC32)c(C)c1C. The zero-order chi connectivity index (χ0) is 21.7. The van der Waals surface area contributed by atoms with Gasteiger partial charge in [-0.15, -0.1) is 0 Å². The number of hydrogen-bond donors (Lipinski definition) is 0. The quantitative estimate of drug-likeness (QED) is 0.702. The van der Waals surface area contributed by atoms with Crippen molar-refractivity contribution in [2.75, 3.05) is 18.6 Å². The maximum absolute atomic E-state index is 12.2. The predicted molar refractivity (Wildman–Crippen MR) is 113 cm³/mol. The summed E-state index contributed by atoms with van der Waals surface area (Å²) >= 11 is 0. The van der Waals surface area contributed by atoms with Crippen LogP contribution in [0.5, 0.6) is 5.75 Å². The monoisotopic (exact) mass is 419 g/mol. The molecule has 1 aliphatic carbocycles. The number of carbonyl (C=O) groups is 1. The number of pyridine rings is 1. The summed E-state index contributed by atoms with van der Waals surface area (Å²) in [6.07, 6.45) is 2.10. The molecule has 3 aliphatic rings. The van der Waals surface area contributed by atoms with Crippen molar-refractivity contribution in [3.63, 3.8) is 0 Å². The molecule has 0 bridgehead atoms. The largest absolute Gasteiger partial charge is 0.490 e. The number of nitriles is 1. The molecule has 0 radical (unpaired) electrons. The Labute approximate surface area is 181 Å². The molecule has 1 saturated carbocycles. The molecule has 2 aliphatic heterocycles. The van der Waals surface area contributed by atoms with E-state index in [0.29, 0.717) is 25.2 Å². The second kappa shape index (κ2) is 7.54. The van der Waals surface area contributed by atoms with Crippen LogP contribution in [0.15, 0.2) is 18.2 Å². The molecule has 31 heavy (non-hydrogen) atoms. The summed E-state index contributed by atoms with van der Waals surface area (Å²) in [5.41, 5.74) is 4.52. The van der Waals surface area contributed by atoms with Crippen LogP contribution in [0.3, 0.4) is 0 Å². The minimum absolute atomic E-state index is 0.126. The van der Waals surface area contributed by atoms with Crippen LogP contribution in [0, 0.1) is 31.1 Å². The number of rotatable bonds is 4. The fourth-order valence-electron chi connectivity index (χ4n) is 4.90. The molecule has 2 aromatic rings. The van der Waals surface area contributed by atoms with Gasteiger partial charge in [0.05, 0.1) is 25.9 Å². The second-order valence-corrected chi connectivity index (χ2v) is 8.54. The van der Waals surface area contributed by atoms with E-state index in [1.165, 1.54) is 18.2 Å². The third kappa shape index (κ3) is 3.31. The summed E-state index contributed by atoms with van der Waals surface area (Å²) in [6, 6.07) is 8.66. The molecular formula is C24H25N3O4. The fourth-order valence-corrected chi connectivity index (χ4v) is 4.90. The third-order valence-electron chi connectivity index (χ3n) is 6.81. The number of ether oxygens (including phenoxy) is 3. The van der Waals surface area contributed by atoms with Crippen LogP contribution in [-0.2, 0) is 22.7 Å². The first-order valence-corrected chi connectivity index (χ1v) is 10.6. The van der Waals surface area contributed by atoms with Gasteiger partial charge < -0.3 is 19.1 Å². The lowest BCUT2D eigenvalue weighted by Crippen LogP contribution is -2.40. The summed E-state index contributed by atoms with van der Waals surface area (Å²) < 4.78 is 16.7. The summed E-state index contributed by atoms with van der Waals surface area (Å²) in [7, 11) is 1.32. The lowest BCUT2D eigenvalue weighted by molar-refractivity contribution is 0.0599. The van der Waals surface area contributed by atoms with E-state index in [1.807, 2.05) is 19.9 Å². The Morgan fingerprint density at radius 2 is 2.06 bits per heavy atom. The highest BCUT2D eigenvalue weighted by Crippen LogP contribution is 2.47. The average Bonchev–Trinajstić information content (AvgIpc) is 3.46. The van der Waals surface area contributed by atoms with Gasteiger partial charge in [0.1, 0.15) is 23.7 Å². The van der Waals surface area contributed by atoms with E-state index < -0.39 is 5.97 Å². The zero-order valence-corrected chi connectivity index (χ0v) is 18.0. The molecule has 160 valence electrons. The summed E-state index contributed by atoms with van der Waals surface area (Å²) in [6.45, 7) is 5.95. The van der Waals surface area contributed by atoms with Crippen molar-refractivity contribution >= 4 is 11.8 Å². The van der Waals surface area contributed by atoms with Crippen molar-refractivity contribution in [1.82, 2.24) is 4.98 Å². The van der Waals surface area contributed by atoms with Crippen LogP contribution in [0.2, 0.25) is 0 Å². The van der Waals surface area contributed by atoms with Crippen LogP contribution in [-0.4, -0.2) is 36.8 Å². The highest BCUT2D eigenvalue weighted by Gasteiger charge is 2.52. The molecule has 1 saturated heterocycles. The minimum Gasteiger partial charge on any atom is -0.490 e. The normalized spacial score (nSPS) is 23.5. The second-order valence-electron chi connectivity index (χ2n) is 8.54. The molecular weight excluding hydrogens is 394 g/mol. The molecule has 0 N–H and O–H groups in total. The van der Waals surface area contributed by atoms with E-state index in [9.17, 15) is 10.1 Å². The molecule has 0 amide bonds. The van der Waals surface area contributed by atoms with Gasteiger partial charge in [-0.3, -0.25) is 0 Å². The highest BCUT2D eigenvalue weighted by molar-refractivity contribution is 5.94. The number of hydrogen-bond acceptors (Lipinski definition) is 7. The summed E-state index contributed by atoms with van der Waals surface area (Å²) in [5.74, 6) is 1.62. The lowest BCUT2D eigenvalue weighted by Gasteiger charge is -2.34. The summed E-state index contributed by atoms with van der Waals surface area (Å²) in [5, 5.41) is 9.58. The number of anilines is 1. The molecule has 1 aromatic carbocycles. The van der Waals surface area contributed by atoms with E-state index in [4.69, 9.17) is 14.2 Å². The molecule has 7 heteroatoms. The molecule has 3 unspecified atom stereocenters. The Hall–Kier alpha value is -3.11. The van der Waals surface area contributed by atoms with Crippen molar-refractivity contribution in [2.24, 2.45) is 5.92 Å². The minimum atomic E-state index is -0.521. The number of nitrogens with zero attached hydrogens (tertiary/aromatic N) is 3. The molecule has 3 atom stereocenters. The van der Waals surface area contributed by atoms with Crippen LogP contribution in [0.1, 0.15) is 51.1 Å². The topological polar surface area (TPSA) is 84.7 Å². The van der Waals surface area contributed by atoms with Crippen LogP contribution >= 0.6 is 0 Å². The van der Waals surface area contributed by atoms with Gasteiger partial charge in [-0.2, -0.15) is 5.26 Å². The highest BCUT2D eigenvalue weighted by atomic mass is 16.5. The van der Waals surface area contributed by atoms with Crippen LogP contribution in [0.25, 0.3) is 0 Å². The number of aromatic nitrogens is 1. The molecule has 7 nitrogen and oxygen atoms in total. The number of piperidine rings is 1. The first-order valence-electron chi connectivity index (χ1n) is 10.6. The molecule has 2 fully saturated rings. The third-order valence-corrected chi connectivity index (χ3v) is 6.81. The van der Waals surface area contributed by atoms with Gasteiger partial charge >= 0.3 is 5.97 Å². The van der Waals surface area contributed by atoms with Gasteiger partial charge in [0, 0.05) is 24.9 Å². The van der Waals surface area contributed by atoms with Crippen molar-refractivity contribution in [2.45, 2.75) is 52.0 Å². The first-order chi connectivity index (χ1) is 15.0. The van der Waals surface area contributed by atoms with E-state index in [-0.39, 0.29) is 17.4 Å². The standard InChI is InChI=1S/C24H25N3O4/c1-13-14(2)23(26-19(10-25)22(13)24(28)29-3)27-7-6-21(18-9-20(18)27)31-17-5-4-15-11-30-12-16(15)8-17/h4-5,8,18,20-21H,6-7,9,11-12H2,1-3H3. The Morgan fingerprint density at radius 1 is 1.26 bits per heavy atom. The number of esters is 1. The first kappa shape index (κ1) is 19.8. The lowest BCUT2D eigenvalue weighted by atomic mass is 10.0. The van der Waals surface area contributed by atoms with E-state index in [1.54, 1.807) is 0 Å². The summed E-state index contributed by atoms with van der Waals surface area (Å²) in [4.78, 5) is 19.0. The number of fused-ring (bicyclic) bond motifs is 2. The van der Waals surface area contributed by atoms with E-state index in [0.717, 1.165) is 42.1 Å². The van der Waals surface area contributed by atoms with Crippen LogP contribution in [0.4, 0.5) is 5.82 Å². The Bertz CT molecular complexity index is 1110. The van der Waals surface area contributed by atoms with E-state index >= 15 is 0 Å². The number of benzene rings is 1. The van der Waals surface area contributed by atoms with Crippen LogP contribution < -0.4 is 9.64 Å². The van der Waals surface area contributed by atoms with Gasteiger partial charge in [-0.05, 0) is 54.7 Å². The zero-order valence-electron chi connectivity index (χ0n) is 18.0. The number of methoxy groups -OCH3 is 1. The molecule has 0 spiro atoms. The maximum atomic E-state index is 12.2. The Kier molecular flexibility index (Phi) is 4.82. The van der Waals surface area contributed by atoms with Gasteiger partial charge in [-0.1, -0.05) is 6.07 Å². The van der Waals surface area contributed by atoms with Crippen molar-refractivity contribution < 1.29 is 19.0 Å². The maximum Gasteiger partial charge on any atom is 0.341 e. The van der Waals surface area contributed by atoms with Gasteiger partial charge in [-0.25, -0.2) is 9.78 Å². The molecule has 5 rings (SSSR count). The average molecular weight is 419 g/mol. The predicted octanol–water partition coefficient (Wildman–Crippen LogP) is 3.43. The van der Waals surface area contributed by atoms with Crippen molar-refractivity contribution in [1.29, 1.82) is 5.26 Å². The molecule has 1 aromatic heterocycles. The smallest absolute Gasteiger partial charge is 0.341 e. The Balaban J connectivity index is 1.35. The van der Waals surface area contributed by atoms with Gasteiger partial charge in [0.2, 0.25) is 0 Å². The van der Waals surface area contributed by atoms with Crippen molar-refractivity contribution in [3.05, 3.63) is 51.7 Å². The molecule has 3 heterocycles. The van der Waals surface area contributed by atoms with E-state index in [2.05, 4.69) is 28.1 Å². The van der Waals surface area contributed by atoms with Crippen molar-refractivity contribution in [3.8, 4) is 11.8 Å². The fraction of sp³-hybridized carbons (Fsp3) is 0.458.